The number of rotatable bonds is 6. The Hall–Kier alpha value is -6.29. The molecule has 2 aromatic carbocycles. The summed E-state index contributed by atoms with van der Waals surface area (Å²) in [5.41, 5.74) is 7.34. The van der Waals surface area contributed by atoms with Gasteiger partial charge in [0.25, 0.3) is 11.8 Å². The third-order valence-electron chi connectivity index (χ3n) is 14.3. The van der Waals surface area contributed by atoms with Gasteiger partial charge < -0.3 is 30.1 Å². The number of aromatic nitrogens is 3. The van der Waals surface area contributed by atoms with E-state index in [0.717, 1.165) is 98.3 Å². The van der Waals surface area contributed by atoms with Crippen molar-refractivity contribution >= 4 is 46.6 Å². The SMILES string of the molecule is Cc1cc2cc(n1)-c1cnn(C)c1OCCC[C@@H](C)CN1c3cc(C(=O)N(C)C4CCN(CCc5cccc6c5C5(CC5)C(=O)N6C5CCC(=O)NC5=O)CC4)ccc3NC1NC2=O. The molecule has 2 aromatic heterocycles. The molecule has 5 amide bonds. The number of hydrogen-bond acceptors (Lipinski definition) is 11. The molecule has 2 bridgehead atoms. The van der Waals surface area contributed by atoms with Crippen LogP contribution in [0, 0.1) is 12.8 Å². The van der Waals surface area contributed by atoms with Gasteiger partial charge >= 0.3 is 0 Å². The van der Waals surface area contributed by atoms with Gasteiger partial charge in [0.15, 0.2) is 6.29 Å². The first-order valence-electron chi connectivity index (χ1n) is 22.8. The summed E-state index contributed by atoms with van der Waals surface area (Å²) >= 11 is 0. The fourth-order valence-electron chi connectivity index (χ4n) is 10.7. The number of fused-ring (bicyclic) bond motifs is 9. The van der Waals surface area contributed by atoms with Crippen LogP contribution in [0.25, 0.3) is 11.3 Å². The first-order valence-corrected chi connectivity index (χ1v) is 22.8. The van der Waals surface area contributed by atoms with Crippen LogP contribution < -0.4 is 30.5 Å². The van der Waals surface area contributed by atoms with Crippen LogP contribution in [0.5, 0.6) is 5.88 Å². The Bertz CT molecular complexity index is 2560. The van der Waals surface area contributed by atoms with Crippen molar-refractivity contribution in [3.05, 3.63) is 82.7 Å². The van der Waals surface area contributed by atoms with E-state index in [-0.39, 0.29) is 42.0 Å². The zero-order valence-corrected chi connectivity index (χ0v) is 37.0. The minimum atomic E-state index is -0.665. The first kappa shape index (κ1) is 41.7. The van der Waals surface area contributed by atoms with E-state index >= 15 is 0 Å². The van der Waals surface area contributed by atoms with Crippen LogP contribution in [-0.4, -0.2) is 112 Å². The molecule has 1 saturated carbocycles. The Morgan fingerprint density at radius 1 is 0.984 bits per heavy atom. The van der Waals surface area contributed by atoms with Crippen molar-refractivity contribution < 1.29 is 28.7 Å². The number of carbonyl (C=O) groups excluding carboxylic acids is 5. The first-order chi connectivity index (χ1) is 30.9. The largest absolute Gasteiger partial charge is 0.477 e. The molecule has 64 heavy (non-hydrogen) atoms. The molecule has 16 nitrogen and oxygen atoms in total. The normalized spacial score (nSPS) is 23.2. The number of hydrogen-bond donors (Lipinski definition) is 3. The number of nitrogens with zero attached hydrogens (tertiary/aromatic N) is 7. The molecule has 1 spiro atoms. The lowest BCUT2D eigenvalue weighted by Gasteiger charge is -2.37. The number of piperidine rings is 2. The molecule has 4 aromatic rings. The van der Waals surface area contributed by atoms with Crippen molar-refractivity contribution in [3.8, 4) is 17.1 Å². The van der Waals surface area contributed by atoms with Crippen LogP contribution in [0.15, 0.2) is 54.7 Å². The monoisotopic (exact) mass is 868 g/mol. The third-order valence-corrected chi connectivity index (χ3v) is 14.3. The highest BCUT2D eigenvalue weighted by molar-refractivity contribution is 6.15. The number of aryl methyl sites for hydroxylation is 2. The van der Waals surface area contributed by atoms with E-state index in [1.165, 1.54) is 0 Å². The van der Waals surface area contributed by atoms with Crippen LogP contribution in [0.2, 0.25) is 0 Å². The lowest BCUT2D eigenvalue weighted by molar-refractivity contribution is -0.135. The molecule has 1 aliphatic carbocycles. The summed E-state index contributed by atoms with van der Waals surface area (Å²) in [6.07, 6.45) is 7.49. The molecule has 16 heteroatoms. The van der Waals surface area contributed by atoms with E-state index in [9.17, 15) is 24.0 Å². The summed E-state index contributed by atoms with van der Waals surface area (Å²) in [6, 6.07) is 14.8. The maximum atomic E-state index is 14.2. The predicted octanol–water partition coefficient (Wildman–Crippen LogP) is 4.51. The van der Waals surface area contributed by atoms with E-state index in [4.69, 9.17) is 9.72 Å². The highest BCUT2D eigenvalue weighted by Crippen LogP contribution is 2.59. The highest BCUT2D eigenvalue weighted by Gasteiger charge is 2.62. The van der Waals surface area contributed by atoms with Crippen LogP contribution in [0.3, 0.4) is 0 Å². The van der Waals surface area contributed by atoms with Crippen molar-refractivity contribution in [2.75, 3.05) is 55.0 Å². The van der Waals surface area contributed by atoms with Crippen LogP contribution in [-0.2, 0) is 33.3 Å². The van der Waals surface area contributed by atoms with E-state index in [1.54, 1.807) is 27.9 Å². The maximum Gasteiger partial charge on any atom is 0.254 e. The second kappa shape index (κ2) is 16.4. The molecular formula is C48H56N10O6. The number of likely N-dealkylation sites (tertiary alicyclic amines) is 1. The molecule has 0 radical (unpaired) electrons. The third kappa shape index (κ3) is 7.44. The molecule has 5 aliphatic heterocycles. The molecule has 6 aliphatic rings. The lowest BCUT2D eigenvalue weighted by Crippen LogP contribution is -2.54. The quantitative estimate of drug-likeness (QED) is 0.233. The van der Waals surface area contributed by atoms with Crippen LogP contribution >= 0.6 is 0 Å². The molecule has 334 valence electrons. The lowest BCUT2D eigenvalue weighted by atomic mass is 9.91. The number of nitrogens with one attached hydrogen (secondary N) is 3. The molecule has 7 heterocycles. The van der Waals surface area contributed by atoms with Gasteiger partial charge in [-0.1, -0.05) is 19.1 Å². The fraction of sp³-hybridized carbons (Fsp3) is 0.479. The Kier molecular flexibility index (Phi) is 10.7. The van der Waals surface area contributed by atoms with Crippen molar-refractivity contribution in [2.24, 2.45) is 13.0 Å². The molecule has 3 N–H and O–H groups in total. The van der Waals surface area contributed by atoms with Gasteiger partial charge in [0.1, 0.15) is 6.04 Å². The predicted molar refractivity (Wildman–Crippen MR) is 240 cm³/mol. The fourth-order valence-corrected chi connectivity index (χ4v) is 10.7. The van der Waals surface area contributed by atoms with Gasteiger partial charge in [0, 0.05) is 75.2 Å². The maximum absolute atomic E-state index is 14.2. The van der Waals surface area contributed by atoms with E-state index < -0.39 is 23.7 Å². The summed E-state index contributed by atoms with van der Waals surface area (Å²) < 4.78 is 7.95. The molecule has 2 saturated heterocycles. The molecule has 2 unspecified atom stereocenters. The van der Waals surface area contributed by atoms with E-state index in [2.05, 4.69) is 43.8 Å². The smallest absolute Gasteiger partial charge is 0.254 e. The standard InChI is InChI=1S/C48H56N10O6/c1-28-7-6-22-64-45-34(26-49-55(45)4)36-24-32(23-29(2)50-36)42(60)53-47-51-35-11-10-31(25-39(35)57(47)27-28)44(62)54(3)33-15-20-56(21-16-33)19-14-30-8-5-9-37-41(30)48(17-18-48)46(63)58(37)38-12-13-40(59)52-43(38)61/h5,8-11,23-26,28,33,38,47,51H,6-7,12-22,27H2,1-4H3,(H,53,60)(H,52,59,61)/t28-,38?,47?/m1/s1. The number of ether oxygens (including phenoxy) is 1. The summed E-state index contributed by atoms with van der Waals surface area (Å²) in [5, 5.41) is 13.6. The number of imide groups is 1. The molecule has 3 fully saturated rings. The summed E-state index contributed by atoms with van der Waals surface area (Å²) in [7, 11) is 3.74. The summed E-state index contributed by atoms with van der Waals surface area (Å²) in [5.74, 6) is -0.110. The average Bonchev–Trinajstić information content (AvgIpc) is 3.83. The number of amides is 5. The van der Waals surface area contributed by atoms with Crippen molar-refractivity contribution in [1.82, 2.24) is 35.2 Å². The van der Waals surface area contributed by atoms with Gasteiger partial charge in [-0.3, -0.25) is 39.2 Å². The van der Waals surface area contributed by atoms with Crippen molar-refractivity contribution in [3.63, 3.8) is 0 Å². The van der Waals surface area contributed by atoms with Crippen molar-refractivity contribution in [1.29, 1.82) is 0 Å². The highest BCUT2D eigenvalue weighted by atomic mass is 16.5. The van der Waals surface area contributed by atoms with Crippen molar-refractivity contribution in [2.45, 2.75) is 95.4 Å². The zero-order valence-electron chi connectivity index (χ0n) is 37.0. The number of benzene rings is 2. The van der Waals surface area contributed by atoms with Gasteiger partial charge in [-0.15, -0.1) is 0 Å². The summed E-state index contributed by atoms with van der Waals surface area (Å²) in [6.45, 7) is 7.75. The topological polar surface area (TPSA) is 174 Å². The zero-order chi connectivity index (χ0) is 44.4. The Labute approximate surface area is 372 Å². The van der Waals surface area contributed by atoms with Gasteiger partial charge in [-0.2, -0.15) is 5.10 Å². The average molecular weight is 869 g/mol. The molecule has 3 atom stereocenters. The number of anilines is 3. The minimum Gasteiger partial charge on any atom is -0.477 e. The number of pyridine rings is 1. The van der Waals surface area contributed by atoms with Crippen LogP contribution in [0.4, 0.5) is 17.1 Å². The number of carbonyl (C=O) groups is 5. The Morgan fingerprint density at radius 2 is 1.80 bits per heavy atom. The van der Waals surface area contributed by atoms with Gasteiger partial charge in [-0.25, -0.2) is 4.68 Å². The Balaban J connectivity index is 0.798. The van der Waals surface area contributed by atoms with Gasteiger partial charge in [0.05, 0.1) is 40.9 Å². The van der Waals surface area contributed by atoms with E-state index in [1.807, 2.05) is 56.3 Å². The minimum absolute atomic E-state index is 0.0113. The molecule has 10 rings (SSSR count). The molecular weight excluding hydrogens is 813 g/mol. The Morgan fingerprint density at radius 3 is 2.58 bits per heavy atom. The van der Waals surface area contributed by atoms with Crippen LogP contribution in [0.1, 0.15) is 95.8 Å². The second-order valence-corrected chi connectivity index (χ2v) is 18.6. The van der Waals surface area contributed by atoms with E-state index in [0.29, 0.717) is 48.0 Å². The second-order valence-electron chi connectivity index (χ2n) is 18.6. The van der Waals surface area contributed by atoms with Gasteiger partial charge in [0.2, 0.25) is 23.6 Å². The summed E-state index contributed by atoms with van der Waals surface area (Å²) in [4.78, 5) is 79.7. The van der Waals surface area contributed by atoms with Gasteiger partial charge in [-0.05, 0) is 112 Å².